The lowest BCUT2D eigenvalue weighted by Crippen LogP contribution is -2.30. The van der Waals surface area contributed by atoms with Crippen LogP contribution in [0.3, 0.4) is 0 Å². The molecule has 0 N–H and O–H groups in total. The SMILES string of the molecule is CCCCCCCCCCCCCCCCCCCCCCCCCCC(=O)OCC(COC(=O)CCCCCCCCC)OC(=O)CCCCCCCCCCCCCCCCCCC. The van der Waals surface area contributed by atoms with Gasteiger partial charge in [0.25, 0.3) is 0 Å². The molecule has 0 aliphatic carbocycles. The van der Waals surface area contributed by atoms with Crippen molar-refractivity contribution in [1.82, 2.24) is 0 Å². The van der Waals surface area contributed by atoms with Gasteiger partial charge in [-0.2, -0.15) is 0 Å². The topological polar surface area (TPSA) is 78.9 Å². The van der Waals surface area contributed by atoms with Gasteiger partial charge in [0.1, 0.15) is 13.2 Å². The van der Waals surface area contributed by atoms with Gasteiger partial charge in [0.05, 0.1) is 0 Å². The van der Waals surface area contributed by atoms with Crippen LogP contribution in [0.25, 0.3) is 0 Å². The Morgan fingerprint density at radius 1 is 0.242 bits per heavy atom. The molecular weight excluding hydrogens is 817 g/mol. The molecule has 1 unspecified atom stereocenters. The average Bonchev–Trinajstić information content (AvgIpc) is 3.31. The zero-order chi connectivity index (χ0) is 47.9. The van der Waals surface area contributed by atoms with E-state index in [1.165, 1.54) is 250 Å². The fourth-order valence-corrected chi connectivity index (χ4v) is 9.33. The minimum Gasteiger partial charge on any atom is -0.462 e. The van der Waals surface area contributed by atoms with Crippen LogP contribution >= 0.6 is 0 Å². The van der Waals surface area contributed by atoms with Crippen molar-refractivity contribution in [1.29, 1.82) is 0 Å². The van der Waals surface area contributed by atoms with Gasteiger partial charge in [-0.25, -0.2) is 0 Å². The van der Waals surface area contributed by atoms with Crippen LogP contribution in [0.2, 0.25) is 0 Å². The lowest BCUT2D eigenvalue weighted by molar-refractivity contribution is -0.167. The second-order valence-corrected chi connectivity index (χ2v) is 20.6. The van der Waals surface area contributed by atoms with Gasteiger partial charge in [-0.15, -0.1) is 0 Å². The highest BCUT2D eigenvalue weighted by atomic mass is 16.6. The number of carbonyl (C=O) groups excluding carboxylic acids is 3. The third kappa shape index (κ3) is 53.4. The Kier molecular flexibility index (Phi) is 54.7. The van der Waals surface area contributed by atoms with Crippen LogP contribution in [-0.2, 0) is 28.6 Å². The van der Waals surface area contributed by atoms with Crippen molar-refractivity contribution < 1.29 is 28.6 Å². The van der Waals surface area contributed by atoms with Crippen molar-refractivity contribution in [2.24, 2.45) is 0 Å². The van der Waals surface area contributed by atoms with Gasteiger partial charge in [0.15, 0.2) is 6.10 Å². The second-order valence-electron chi connectivity index (χ2n) is 20.6. The number of esters is 3. The lowest BCUT2D eigenvalue weighted by Gasteiger charge is -2.18. The van der Waals surface area contributed by atoms with E-state index in [4.69, 9.17) is 14.2 Å². The Balaban J connectivity index is 4.06. The third-order valence-corrected chi connectivity index (χ3v) is 13.9. The molecular formula is C60H116O6. The first-order valence-electron chi connectivity index (χ1n) is 30.0. The quantitative estimate of drug-likeness (QED) is 0.0343. The monoisotopic (exact) mass is 933 g/mol. The van der Waals surface area contributed by atoms with Crippen LogP contribution in [0.15, 0.2) is 0 Å². The summed E-state index contributed by atoms with van der Waals surface area (Å²) in [6.45, 7) is 6.67. The highest BCUT2D eigenvalue weighted by Gasteiger charge is 2.19. The summed E-state index contributed by atoms with van der Waals surface area (Å²) in [6, 6.07) is 0. The van der Waals surface area contributed by atoms with E-state index in [0.717, 1.165) is 57.8 Å². The van der Waals surface area contributed by atoms with Crippen molar-refractivity contribution >= 4 is 17.9 Å². The van der Waals surface area contributed by atoms with Crippen LogP contribution in [0.1, 0.15) is 348 Å². The predicted molar refractivity (Wildman–Crippen MR) is 284 cm³/mol. The molecule has 0 aliphatic rings. The molecule has 0 fully saturated rings. The van der Waals surface area contributed by atoms with E-state index in [2.05, 4.69) is 20.8 Å². The smallest absolute Gasteiger partial charge is 0.306 e. The molecule has 1 atom stereocenters. The Morgan fingerprint density at radius 2 is 0.409 bits per heavy atom. The lowest BCUT2D eigenvalue weighted by atomic mass is 10.0. The molecule has 0 aliphatic heterocycles. The predicted octanol–water partition coefficient (Wildman–Crippen LogP) is 19.9. The number of hydrogen-bond acceptors (Lipinski definition) is 6. The number of carbonyl (C=O) groups is 3. The molecule has 0 saturated carbocycles. The molecule has 0 rings (SSSR count). The van der Waals surface area contributed by atoms with Gasteiger partial charge in [-0.3, -0.25) is 14.4 Å². The standard InChI is InChI=1S/C60H116O6/c1-4-7-10-13-16-18-20-22-24-26-27-28-29-30-31-32-34-35-37-39-41-44-47-50-53-59(62)65-56-57(55-64-58(61)52-49-46-43-15-12-9-6-3)66-60(63)54-51-48-45-42-40-38-36-33-25-23-21-19-17-14-11-8-5-2/h57H,4-56H2,1-3H3. The Hall–Kier alpha value is -1.59. The fraction of sp³-hybridized carbons (Fsp3) is 0.950. The van der Waals surface area contributed by atoms with Gasteiger partial charge in [-0.05, 0) is 19.3 Å². The van der Waals surface area contributed by atoms with Crippen LogP contribution in [0.4, 0.5) is 0 Å². The molecule has 0 heterocycles. The Morgan fingerprint density at radius 3 is 0.606 bits per heavy atom. The van der Waals surface area contributed by atoms with Crippen LogP contribution in [0.5, 0.6) is 0 Å². The summed E-state index contributed by atoms with van der Waals surface area (Å²) < 4.78 is 16.8. The van der Waals surface area contributed by atoms with Gasteiger partial charge in [0, 0.05) is 19.3 Å². The minimum atomic E-state index is -0.760. The van der Waals surface area contributed by atoms with E-state index in [1.807, 2.05) is 0 Å². The van der Waals surface area contributed by atoms with Crippen LogP contribution < -0.4 is 0 Å². The van der Waals surface area contributed by atoms with E-state index >= 15 is 0 Å². The summed E-state index contributed by atoms with van der Waals surface area (Å²) >= 11 is 0. The van der Waals surface area contributed by atoms with E-state index in [9.17, 15) is 14.4 Å². The summed E-state index contributed by atoms with van der Waals surface area (Å²) in [5.74, 6) is -0.841. The maximum Gasteiger partial charge on any atom is 0.306 e. The highest BCUT2D eigenvalue weighted by molar-refractivity contribution is 5.71. The molecule has 0 saturated heterocycles. The molecule has 0 amide bonds. The molecule has 392 valence electrons. The van der Waals surface area contributed by atoms with E-state index in [-0.39, 0.29) is 31.1 Å². The third-order valence-electron chi connectivity index (χ3n) is 13.9. The maximum absolute atomic E-state index is 12.8. The fourth-order valence-electron chi connectivity index (χ4n) is 9.33. The van der Waals surface area contributed by atoms with Crippen molar-refractivity contribution in [2.45, 2.75) is 354 Å². The summed E-state index contributed by atoms with van der Waals surface area (Å²) in [7, 11) is 0. The molecule has 0 bridgehead atoms. The zero-order valence-corrected chi connectivity index (χ0v) is 45.0. The molecule has 0 spiro atoms. The van der Waals surface area contributed by atoms with Crippen molar-refractivity contribution in [2.75, 3.05) is 13.2 Å². The number of ether oxygens (including phenoxy) is 3. The van der Waals surface area contributed by atoms with Crippen LogP contribution in [-0.4, -0.2) is 37.2 Å². The van der Waals surface area contributed by atoms with Crippen molar-refractivity contribution in [3.8, 4) is 0 Å². The molecule has 0 aromatic heterocycles. The van der Waals surface area contributed by atoms with E-state index in [0.29, 0.717) is 19.3 Å². The summed E-state index contributed by atoms with van der Waals surface area (Å²) in [5.41, 5.74) is 0. The second kappa shape index (κ2) is 56.0. The molecule has 0 radical (unpaired) electrons. The first-order chi connectivity index (χ1) is 32.5. The molecule has 6 nitrogen and oxygen atoms in total. The maximum atomic E-state index is 12.8. The average molecular weight is 934 g/mol. The minimum absolute atomic E-state index is 0.0618. The summed E-state index contributed by atoms with van der Waals surface area (Å²) in [6.07, 6.45) is 62.7. The van der Waals surface area contributed by atoms with Gasteiger partial charge >= 0.3 is 17.9 Å². The highest BCUT2D eigenvalue weighted by Crippen LogP contribution is 2.18. The van der Waals surface area contributed by atoms with E-state index < -0.39 is 6.10 Å². The van der Waals surface area contributed by atoms with Crippen molar-refractivity contribution in [3.05, 3.63) is 0 Å². The first-order valence-corrected chi connectivity index (χ1v) is 30.0. The van der Waals surface area contributed by atoms with E-state index in [1.54, 1.807) is 0 Å². The van der Waals surface area contributed by atoms with Gasteiger partial charge < -0.3 is 14.2 Å². The van der Waals surface area contributed by atoms with Gasteiger partial charge in [0.2, 0.25) is 0 Å². The summed E-state index contributed by atoms with van der Waals surface area (Å²) in [4.78, 5) is 38.0. The number of unbranched alkanes of at least 4 members (excludes halogenated alkanes) is 45. The largest absolute Gasteiger partial charge is 0.462 e. The Labute approximate surface area is 412 Å². The number of hydrogen-bond donors (Lipinski definition) is 0. The van der Waals surface area contributed by atoms with Crippen molar-refractivity contribution in [3.63, 3.8) is 0 Å². The van der Waals surface area contributed by atoms with Crippen LogP contribution in [0, 0.1) is 0 Å². The molecule has 0 aromatic rings. The number of rotatable bonds is 56. The molecule has 66 heavy (non-hydrogen) atoms. The van der Waals surface area contributed by atoms with Gasteiger partial charge in [-0.1, -0.05) is 310 Å². The zero-order valence-electron chi connectivity index (χ0n) is 45.0. The first kappa shape index (κ1) is 64.4. The molecule has 6 heteroatoms. The molecule has 0 aromatic carbocycles. The summed E-state index contributed by atoms with van der Waals surface area (Å²) in [5, 5.41) is 0. The Bertz CT molecular complexity index is 982. The normalized spacial score (nSPS) is 11.9.